The van der Waals surface area contributed by atoms with Crippen molar-refractivity contribution >= 4 is 50.4 Å². The van der Waals surface area contributed by atoms with Crippen LogP contribution in [0, 0.1) is 0 Å². The van der Waals surface area contributed by atoms with Crippen LogP contribution in [0.5, 0.6) is 0 Å². The van der Waals surface area contributed by atoms with Crippen molar-refractivity contribution in [2.45, 2.75) is 26.2 Å². The number of aromatic nitrogens is 1. The van der Waals surface area contributed by atoms with E-state index in [0.717, 1.165) is 35.2 Å². The smallest absolute Gasteiger partial charge is 0.267 e. The first-order valence-electron chi connectivity index (χ1n) is 8.41. The molecular weight excluding hydrogens is 348 g/mol. The number of thiophene rings is 1. The monoisotopic (exact) mass is 366 g/mol. The number of hydrogen-bond donors (Lipinski definition) is 3. The zero-order chi connectivity index (χ0) is 18.3. The van der Waals surface area contributed by atoms with Gasteiger partial charge in [-0.1, -0.05) is 0 Å². The van der Waals surface area contributed by atoms with Gasteiger partial charge in [-0.25, -0.2) is 4.98 Å². The van der Waals surface area contributed by atoms with Crippen LogP contribution in [0.25, 0.3) is 10.2 Å². The summed E-state index contributed by atoms with van der Waals surface area (Å²) in [6.45, 7) is 1.45. The minimum Gasteiger partial charge on any atom is -0.397 e. The van der Waals surface area contributed by atoms with E-state index in [0.29, 0.717) is 21.9 Å². The Hall–Kier alpha value is -2.93. The number of pyridine rings is 1. The van der Waals surface area contributed by atoms with E-state index < -0.39 is 0 Å². The summed E-state index contributed by atoms with van der Waals surface area (Å²) in [7, 11) is 0. The molecule has 6 nitrogen and oxygen atoms in total. The molecule has 0 bridgehead atoms. The van der Waals surface area contributed by atoms with Gasteiger partial charge in [0.05, 0.1) is 5.69 Å². The Morgan fingerprint density at radius 3 is 2.50 bits per heavy atom. The van der Waals surface area contributed by atoms with E-state index in [1.165, 1.54) is 23.8 Å². The molecule has 1 aliphatic carbocycles. The van der Waals surface area contributed by atoms with E-state index in [1.54, 1.807) is 24.3 Å². The van der Waals surface area contributed by atoms with Gasteiger partial charge in [0.1, 0.15) is 9.71 Å². The summed E-state index contributed by atoms with van der Waals surface area (Å²) in [5.74, 6) is -0.392. The Morgan fingerprint density at radius 1 is 1.12 bits per heavy atom. The van der Waals surface area contributed by atoms with Gasteiger partial charge in [-0.05, 0) is 55.2 Å². The number of hydrogen-bond acceptors (Lipinski definition) is 5. The Bertz CT molecular complexity index is 1020. The molecule has 3 aromatic rings. The molecular formula is C19H18N4O2S. The molecule has 4 rings (SSSR count). The zero-order valence-corrected chi connectivity index (χ0v) is 15.1. The van der Waals surface area contributed by atoms with Crippen molar-refractivity contribution in [1.82, 2.24) is 4.98 Å². The molecule has 0 spiro atoms. The first-order chi connectivity index (χ1) is 12.5. The number of rotatable bonds is 3. The van der Waals surface area contributed by atoms with Gasteiger partial charge in [-0.15, -0.1) is 11.3 Å². The van der Waals surface area contributed by atoms with Gasteiger partial charge >= 0.3 is 0 Å². The van der Waals surface area contributed by atoms with Gasteiger partial charge in [0.25, 0.3) is 5.91 Å². The Morgan fingerprint density at radius 2 is 1.81 bits per heavy atom. The molecule has 0 aliphatic heterocycles. The molecule has 26 heavy (non-hydrogen) atoms. The molecule has 2 heterocycles. The highest BCUT2D eigenvalue weighted by atomic mass is 32.1. The second-order valence-electron chi connectivity index (χ2n) is 6.36. The van der Waals surface area contributed by atoms with Crippen molar-refractivity contribution in [2.24, 2.45) is 0 Å². The predicted octanol–water partition coefficient (Wildman–Crippen LogP) is 3.58. The summed E-state index contributed by atoms with van der Waals surface area (Å²) in [5, 5.41) is 6.40. The predicted molar refractivity (Wildman–Crippen MR) is 105 cm³/mol. The Kier molecular flexibility index (Phi) is 4.08. The van der Waals surface area contributed by atoms with Crippen LogP contribution in [0.4, 0.5) is 17.1 Å². The largest absolute Gasteiger partial charge is 0.397 e. The van der Waals surface area contributed by atoms with Crippen molar-refractivity contribution in [1.29, 1.82) is 0 Å². The molecule has 2 aromatic heterocycles. The Labute approximate surface area is 154 Å². The highest BCUT2D eigenvalue weighted by Gasteiger charge is 2.21. The fraction of sp³-hybridized carbons (Fsp3) is 0.211. The van der Waals surface area contributed by atoms with Crippen LogP contribution in [0.15, 0.2) is 30.3 Å². The van der Waals surface area contributed by atoms with Crippen LogP contribution in [-0.2, 0) is 17.6 Å². The van der Waals surface area contributed by atoms with Crippen LogP contribution >= 0.6 is 11.3 Å². The van der Waals surface area contributed by atoms with Gasteiger partial charge in [-0.3, -0.25) is 9.59 Å². The van der Waals surface area contributed by atoms with E-state index in [-0.39, 0.29) is 11.8 Å². The lowest BCUT2D eigenvalue weighted by molar-refractivity contribution is -0.114. The first kappa shape index (κ1) is 16.5. The van der Waals surface area contributed by atoms with Crippen LogP contribution in [0.3, 0.4) is 0 Å². The maximum atomic E-state index is 12.6. The number of carbonyl (C=O) groups is 2. The lowest BCUT2D eigenvalue weighted by atomic mass is 10.1. The molecule has 1 aromatic carbocycles. The first-order valence-corrected chi connectivity index (χ1v) is 9.22. The van der Waals surface area contributed by atoms with Crippen LogP contribution in [0.2, 0.25) is 0 Å². The summed E-state index contributed by atoms with van der Waals surface area (Å²) in [4.78, 5) is 29.7. The minimum absolute atomic E-state index is 0.140. The number of nitrogen functional groups attached to an aromatic ring is 1. The summed E-state index contributed by atoms with van der Waals surface area (Å²) in [6.07, 6.45) is 3.14. The number of nitrogens with zero attached hydrogens (tertiary/aromatic N) is 1. The van der Waals surface area contributed by atoms with Crippen LogP contribution in [-0.4, -0.2) is 16.8 Å². The number of anilines is 3. The molecule has 0 fully saturated rings. The summed E-state index contributed by atoms with van der Waals surface area (Å²) in [6, 6.07) is 9.02. The third-order valence-corrected chi connectivity index (χ3v) is 5.53. The number of amides is 2. The standard InChI is InChI=1S/C19H18N4O2S/c1-10(24)21-12-5-7-13(8-6-12)22-18(25)17-16(20)14-9-11-3-2-4-15(11)23-19(14)26-17/h5-9H,2-4,20H2,1H3,(H,21,24)(H,22,25). The number of benzene rings is 1. The second kappa shape index (κ2) is 6.42. The van der Waals surface area contributed by atoms with Crippen molar-refractivity contribution in [3.8, 4) is 0 Å². The number of fused-ring (bicyclic) bond motifs is 2. The molecule has 0 unspecified atom stereocenters. The highest BCUT2D eigenvalue weighted by Crippen LogP contribution is 2.36. The molecule has 4 N–H and O–H groups in total. The van der Waals surface area contributed by atoms with Crippen LogP contribution < -0.4 is 16.4 Å². The van der Waals surface area contributed by atoms with Crippen molar-refractivity contribution < 1.29 is 9.59 Å². The quantitative estimate of drug-likeness (QED) is 0.660. The maximum Gasteiger partial charge on any atom is 0.267 e. The van der Waals surface area contributed by atoms with E-state index in [2.05, 4.69) is 21.7 Å². The molecule has 0 saturated heterocycles. The zero-order valence-electron chi connectivity index (χ0n) is 14.3. The summed E-state index contributed by atoms with van der Waals surface area (Å²) in [5.41, 5.74) is 10.4. The van der Waals surface area contributed by atoms with Gasteiger partial charge in [0.15, 0.2) is 0 Å². The van der Waals surface area contributed by atoms with Gasteiger partial charge in [-0.2, -0.15) is 0 Å². The van der Waals surface area contributed by atoms with E-state index in [4.69, 9.17) is 5.73 Å². The van der Waals surface area contributed by atoms with Crippen molar-refractivity contribution in [2.75, 3.05) is 16.4 Å². The molecule has 0 radical (unpaired) electrons. The number of aryl methyl sites for hydroxylation is 2. The molecule has 2 amide bonds. The average Bonchev–Trinajstić information content (AvgIpc) is 3.18. The third-order valence-electron chi connectivity index (χ3n) is 4.42. The number of nitrogens with two attached hydrogens (primary N) is 1. The van der Waals surface area contributed by atoms with Gasteiger partial charge in [0.2, 0.25) is 5.91 Å². The normalized spacial score (nSPS) is 12.8. The summed E-state index contributed by atoms with van der Waals surface area (Å²) < 4.78 is 0. The summed E-state index contributed by atoms with van der Waals surface area (Å²) >= 11 is 1.32. The third kappa shape index (κ3) is 3.01. The molecule has 0 atom stereocenters. The second-order valence-corrected chi connectivity index (χ2v) is 7.36. The fourth-order valence-corrected chi connectivity index (χ4v) is 4.19. The molecule has 0 saturated carbocycles. The van der Waals surface area contributed by atoms with Crippen molar-refractivity contribution in [3.05, 3.63) is 46.5 Å². The lowest BCUT2D eigenvalue weighted by Crippen LogP contribution is -2.12. The molecule has 132 valence electrons. The fourth-order valence-electron chi connectivity index (χ4n) is 3.19. The molecule has 1 aliphatic rings. The minimum atomic E-state index is -0.252. The Balaban J connectivity index is 1.58. The van der Waals surface area contributed by atoms with E-state index in [9.17, 15) is 9.59 Å². The number of carbonyl (C=O) groups excluding carboxylic acids is 2. The van der Waals surface area contributed by atoms with Crippen molar-refractivity contribution in [3.63, 3.8) is 0 Å². The van der Waals surface area contributed by atoms with Gasteiger partial charge in [0, 0.05) is 29.4 Å². The van der Waals surface area contributed by atoms with E-state index >= 15 is 0 Å². The van der Waals surface area contributed by atoms with E-state index in [1.807, 2.05) is 0 Å². The highest BCUT2D eigenvalue weighted by molar-refractivity contribution is 7.21. The van der Waals surface area contributed by atoms with Crippen LogP contribution in [0.1, 0.15) is 34.3 Å². The maximum absolute atomic E-state index is 12.6. The average molecular weight is 366 g/mol. The number of nitrogens with one attached hydrogen (secondary N) is 2. The molecule has 7 heteroatoms. The SMILES string of the molecule is CC(=O)Nc1ccc(NC(=O)c2sc3nc4c(cc3c2N)CCC4)cc1. The topological polar surface area (TPSA) is 97.1 Å². The lowest BCUT2D eigenvalue weighted by Gasteiger charge is -2.06. The van der Waals surface area contributed by atoms with Gasteiger partial charge < -0.3 is 16.4 Å².